The van der Waals surface area contributed by atoms with Crippen LogP contribution in [0.1, 0.15) is 29.7 Å². The van der Waals surface area contributed by atoms with Gasteiger partial charge >= 0.3 is 0 Å². The molecule has 1 saturated heterocycles. The summed E-state index contributed by atoms with van der Waals surface area (Å²) in [7, 11) is 0. The average Bonchev–Trinajstić information content (AvgIpc) is 3.43. The van der Waals surface area contributed by atoms with Gasteiger partial charge in [0.1, 0.15) is 23.2 Å². The highest BCUT2D eigenvalue weighted by Gasteiger charge is 2.27. The number of nitrogens with one attached hydrogen (secondary N) is 1. The molecule has 2 aliphatic rings. The minimum atomic E-state index is 0.205. The molecule has 0 amide bonds. The molecular formula is C21H20N6O2. The Bertz CT molecular complexity index is 1090. The van der Waals surface area contributed by atoms with Gasteiger partial charge in [-0.3, -0.25) is 0 Å². The minimum absolute atomic E-state index is 0.205. The Labute approximate surface area is 167 Å². The zero-order chi connectivity index (χ0) is 19.8. The largest absolute Gasteiger partial charge is 0.469 e. The third-order valence-electron chi connectivity index (χ3n) is 5.49. The first kappa shape index (κ1) is 17.6. The number of rotatable bonds is 4. The number of ether oxygens (including phenoxy) is 1. The summed E-state index contributed by atoms with van der Waals surface area (Å²) in [5.41, 5.74) is 10.7. The lowest BCUT2D eigenvalue weighted by Crippen LogP contribution is -2.19. The number of fused-ring (bicyclic) bond motifs is 3. The number of aryl methyl sites for hydroxylation is 1. The average molecular weight is 388 g/mol. The van der Waals surface area contributed by atoms with Crippen LogP contribution in [0.25, 0.3) is 22.4 Å². The zero-order valence-electron chi connectivity index (χ0n) is 15.8. The quantitative estimate of drug-likeness (QED) is 0.699. The highest BCUT2D eigenvalue weighted by Crippen LogP contribution is 2.41. The van der Waals surface area contributed by atoms with Crippen molar-refractivity contribution in [1.82, 2.24) is 15.0 Å². The molecule has 0 saturated carbocycles. The maximum absolute atomic E-state index is 9.72. The second-order valence-electron chi connectivity index (χ2n) is 7.25. The fourth-order valence-corrected chi connectivity index (χ4v) is 4.08. The highest BCUT2D eigenvalue weighted by atomic mass is 16.5. The van der Waals surface area contributed by atoms with E-state index in [2.05, 4.69) is 26.3 Å². The van der Waals surface area contributed by atoms with Crippen LogP contribution in [-0.2, 0) is 17.6 Å². The molecule has 1 aliphatic carbocycles. The Kier molecular flexibility index (Phi) is 4.37. The highest BCUT2D eigenvalue weighted by molar-refractivity contribution is 5.85. The number of anilines is 2. The number of aromatic nitrogens is 3. The second kappa shape index (κ2) is 7.18. The molecule has 0 bridgehead atoms. The van der Waals surface area contributed by atoms with Crippen molar-refractivity contribution < 1.29 is 9.15 Å². The van der Waals surface area contributed by atoms with Crippen molar-refractivity contribution >= 4 is 11.8 Å². The van der Waals surface area contributed by atoms with Crippen molar-refractivity contribution in [3.05, 3.63) is 41.6 Å². The van der Waals surface area contributed by atoms with Crippen LogP contribution in [0.5, 0.6) is 0 Å². The van der Waals surface area contributed by atoms with E-state index >= 15 is 0 Å². The van der Waals surface area contributed by atoms with Crippen molar-refractivity contribution in [3.8, 4) is 28.5 Å². The lowest BCUT2D eigenvalue weighted by Gasteiger charge is -2.20. The zero-order valence-corrected chi connectivity index (χ0v) is 15.8. The van der Waals surface area contributed by atoms with Crippen molar-refractivity contribution in [1.29, 1.82) is 5.26 Å². The van der Waals surface area contributed by atoms with Crippen LogP contribution >= 0.6 is 0 Å². The van der Waals surface area contributed by atoms with Gasteiger partial charge in [0.25, 0.3) is 0 Å². The van der Waals surface area contributed by atoms with Crippen LogP contribution in [0.15, 0.2) is 29.1 Å². The SMILES string of the molecule is N#Cc1c(N)nc2c(c1-c1cnc(NCC3CCCO3)nc1)CCc1occc1-2. The third kappa shape index (κ3) is 3.09. The summed E-state index contributed by atoms with van der Waals surface area (Å²) in [5.74, 6) is 1.64. The molecule has 1 atom stereocenters. The Morgan fingerprint density at radius 1 is 1.28 bits per heavy atom. The standard InChI is InChI=1S/C21H20N6O2/c22-8-16-18(12-9-24-21(25-10-12)26-11-13-2-1-6-28-13)15-3-4-17-14(5-7-29-17)19(15)27-20(16)23/h5,7,9-10,13H,1-4,6,11H2,(H2,23,27)(H,24,25,26). The maximum Gasteiger partial charge on any atom is 0.222 e. The summed E-state index contributed by atoms with van der Waals surface area (Å²) in [6.45, 7) is 1.50. The minimum Gasteiger partial charge on any atom is -0.469 e. The molecule has 8 heteroatoms. The van der Waals surface area contributed by atoms with E-state index in [1.54, 1.807) is 18.7 Å². The number of hydrogen-bond donors (Lipinski definition) is 2. The van der Waals surface area contributed by atoms with Crippen molar-refractivity contribution in [2.24, 2.45) is 0 Å². The molecule has 0 spiro atoms. The lowest BCUT2D eigenvalue weighted by atomic mass is 9.86. The molecule has 29 heavy (non-hydrogen) atoms. The summed E-state index contributed by atoms with van der Waals surface area (Å²) in [5, 5.41) is 12.9. The molecule has 1 aliphatic heterocycles. The fourth-order valence-electron chi connectivity index (χ4n) is 4.08. The van der Waals surface area contributed by atoms with Crippen LogP contribution in [0.2, 0.25) is 0 Å². The van der Waals surface area contributed by atoms with E-state index in [9.17, 15) is 5.26 Å². The van der Waals surface area contributed by atoms with Gasteiger partial charge in [-0.25, -0.2) is 15.0 Å². The van der Waals surface area contributed by atoms with Gasteiger partial charge in [-0.2, -0.15) is 5.26 Å². The molecule has 8 nitrogen and oxygen atoms in total. The van der Waals surface area contributed by atoms with Gasteiger partial charge in [0.15, 0.2) is 0 Å². The Morgan fingerprint density at radius 3 is 2.90 bits per heavy atom. The Balaban J connectivity index is 1.51. The number of nitrogen functional groups attached to an aromatic ring is 1. The van der Waals surface area contributed by atoms with Gasteiger partial charge in [0.05, 0.1) is 18.1 Å². The summed E-state index contributed by atoms with van der Waals surface area (Å²) in [6, 6.07) is 4.10. The number of nitriles is 1. The predicted octanol–water partition coefficient (Wildman–Crippen LogP) is 2.94. The molecule has 3 N–H and O–H groups in total. The van der Waals surface area contributed by atoms with Crippen LogP contribution in [0, 0.1) is 11.3 Å². The second-order valence-corrected chi connectivity index (χ2v) is 7.25. The molecule has 4 heterocycles. The predicted molar refractivity (Wildman–Crippen MR) is 107 cm³/mol. The summed E-state index contributed by atoms with van der Waals surface area (Å²) >= 11 is 0. The molecule has 1 unspecified atom stereocenters. The summed E-state index contributed by atoms with van der Waals surface area (Å²) < 4.78 is 11.2. The lowest BCUT2D eigenvalue weighted by molar-refractivity contribution is 0.120. The molecule has 1 fully saturated rings. The Hall–Kier alpha value is -3.44. The van der Waals surface area contributed by atoms with Crippen LogP contribution in [-0.4, -0.2) is 34.2 Å². The first-order valence-electron chi connectivity index (χ1n) is 9.71. The van der Waals surface area contributed by atoms with Crippen LogP contribution in [0.3, 0.4) is 0 Å². The van der Waals surface area contributed by atoms with Gasteiger partial charge in [-0.15, -0.1) is 0 Å². The molecule has 146 valence electrons. The van der Waals surface area contributed by atoms with E-state index in [0.29, 0.717) is 24.5 Å². The number of nitrogens with zero attached hydrogens (tertiary/aromatic N) is 4. The molecular weight excluding hydrogens is 368 g/mol. The smallest absolute Gasteiger partial charge is 0.222 e. The van der Waals surface area contributed by atoms with E-state index < -0.39 is 0 Å². The van der Waals surface area contributed by atoms with Gasteiger partial charge in [0.2, 0.25) is 5.95 Å². The van der Waals surface area contributed by atoms with Crippen molar-refractivity contribution in [2.45, 2.75) is 31.8 Å². The van der Waals surface area contributed by atoms with Gasteiger partial charge in [0, 0.05) is 48.7 Å². The van der Waals surface area contributed by atoms with E-state index in [1.807, 2.05) is 6.07 Å². The monoisotopic (exact) mass is 388 g/mol. The number of pyridine rings is 1. The number of furan rings is 1. The molecule has 3 aromatic rings. The van der Waals surface area contributed by atoms with E-state index in [1.165, 1.54) is 0 Å². The fraction of sp³-hybridized carbons (Fsp3) is 0.333. The van der Waals surface area contributed by atoms with E-state index in [0.717, 1.165) is 59.6 Å². The number of nitrogens with two attached hydrogens (primary N) is 1. The van der Waals surface area contributed by atoms with Crippen molar-refractivity contribution in [2.75, 3.05) is 24.2 Å². The topological polar surface area (TPSA) is 123 Å². The van der Waals surface area contributed by atoms with Crippen LogP contribution < -0.4 is 11.1 Å². The maximum atomic E-state index is 9.72. The molecule has 3 aromatic heterocycles. The van der Waals surface area contributed by atoms with E-state index in [-0.39, 0.29) is 11.9 Å². The van der Waals surface area contributed by atoms with E-state index in [4.69, 9.17) is 14.9 Å². The van der Waals surface area contributed by atoms with Gasteiger partial charge < -0.3 is 20.2 Å². The molecule has 5 rings (SSSR count). The van der Waals surface area contributed by atoms with Gasteiger partial charge in [-0.1, -0.05) is 0 Å². The third-order valence-corrected chi connectivity index (χ3v) is 5.49. The van der Waals surface area contributed by atoms with Crippen LogP contribution in [0.4, 0.5) is 11.8 Å². The van der Waals surface area contributed by atoms with Gasteiger partial charge in [-0.05, 0) is 30.9 Å². The first-order valence-corrected chi connectivity index (χ1v) is 9.71. The summed E-state index contributed by atoms with van der Waals surface area (Å²) in [6.07, 6.45) is 8.93. The number of hydrogen-bond acceptors (Lipinski definition) is 8. The first-order chi connectivity index (χ1) is 14.2. The normalized spacial score (nSPS) is 17.4. The Morgan fingerprint density at radius 2 is 2.14 bits per heavy atom. The summed E-state index contributed by atoms with van der Waals surface area (Å²) in [4.78, 5) is 13.4. The molecule has 0 radical (unpaired) electrons. The van der Waals surface area contributed by atoms with Crippen molar-refractivity contribution in [3.63, 3.8) is 0 Å². The molecule has 0 aromatic carbocycles.